The van der Waals surface area contributed by atoms with Crippen molar-refractivity contribution in [2.45, 2.75) is 30.3 Å². The molecule has 4 aromatic rings. The van der Waals surface area contributed by atoms with Crippen LogP contribution in [-0.4, -0.2) is 36.2 Å². The summed E-state index contributed by atoms with van der Waals surface area (Å²) in [7, 11) is -3.99. The van der Waals surface area contributed by atoms with E-state index in [4.69, 9.17) is 4.42 Å². The first-order valence-corrected chi connectivity index (χ1v) is 13.6. The maximum Gasteiger partial charge on any atom is 0.247 e. The Morgan fingerprint density at radius 3 is 2.76 bits per heavy atom. The number of amides is 1. The van der Waals surface area contributed by atoms with Crippen LogP contribution in [0.5, 0.6) is 0 Å². The number of nitrogens with zero attached hydrogens (tertiary/aromatic N) is 3. The van der Waals surface area contributed by atoms with Gasteiger partial charge in [-0.25, -0.2) is 17.8 Å². The molecule has 1 unspecified atom stereocenters. The fourth-order valence-corrected chi connectivity index (χ4v) is 7.17. The van der Waals surface area contributed by atoms with Gasteiger partial charge >= 0.3 is 0 Å². The van der Waals surface area contributed by atoms with Gasteiger partial charge in [0, 0.05) is 11.0 Å². The lowest BCUT2D eigenvalue weighted by Gasteiger charge is -2.28. The largest absolute Gasteiger partial charge is 0.467 e. The summed E-state index contributed by atoms with van der Waals surface area (Å²) in [5.74, 6) is -0.350. The molecule has 11 heteroatoms. The fraction of sp³-hybridized carbons (Fsp3) is 0.217. The number of hydrogen-bond donors (Lipinski definition) is 0. The van der Waals surface area contributed by atoms with Crippen LogP contribution in [0.2, 0.25) is 0 Å². The lowest BCUT2D eigenvalue weighted by atomic mass is 10.2. The van der Waals surface area contributed by atoms with E-state index in [0.717, 1.165) is 26.8 Å². The molecule has 2 aromatic heterocycles. The number of carbonyl (C=O) groups excluding carboxylic acids is 1. The predicted octanol–water partition coefficient (Wildman–Crippen LogP) is 5.18. The smallest absolute Gasteiger partial charge is 0.247 e. The highest BCUT2D eigenvalue weighted by Crippen LogP contribution is 2.34. The van der Waals surface area contributed by atoms with Crippen LogP contribution in [0, 0.1) is 5.82 Å². The van der Waals surface area contributed by atoms with Crippen LogP contribution in [0.3, 0.4) is 0 Å². The summed E-state index contributed by atoms with van der Waals surface area (Å²) in [6.07, 6.45) is 2.44. The van der Waals surface area contributed by atoms with Crippen LogP contribution in [0.4, 0.5) is 9.52 Å². The van der Waals surface area contributed by atoms with Gasteiger partial charge < -0.3 is 4.42 Å². The van der Waals surface area contributed by atoms with E-state index in [1.807, 2.05) is 18.2 Å². The summed E-state index contributed by atoms with van der Waals surface area (Å²) in [5, 5.41) is 0.459. The standard InChI is InChI=1S/C23H19BrFN3O4S2/c24-15-5-10-19-21(13-15)33-23(26-19)27(14-17-3-2-12-32-17)22(29)20-4-1-11-28(20)34(30,31)18-8-6-16(25)7-9-18/h2-3,5-10,12-13,20H,1,4,11,14H2. The molecular formula is C23H19BrFN3O4S2. The van der Waals surface area contributed by atoms with Crippen molar-refractivity contribution in [1.29, 1.82) is 0 Å². The van der Waals surface area contributed by atoms with Crippen molar-refractivity contribution in [3.05, 3.63) is 76.9 Å². The normalized spacial score (nSPS) is 16.8. The van der Waals surface area contributed by atoms with E-state index >= 15 is 0 Å². The second-order valence-corrected chi connectivity index (χ2v) is 11.7. The Morgan fingerprint density at radius 1 is 1.24 bits per heavy atom. The molecule has 0 saturated carbocycles. The Balaban J connectivity index is 1.51. The molecule has 1 amide bonds. The molecule has 1 fully saturated rings. The van der Waals surface area contributed by atoms with Gasteiger partial charge in [-0.3, -0.25) is 9.69 Å². The van der Waals surface area contributed by atoms with Crippen molar-refractivity contribution in [2.75, 3.05) is 11.4 Å². The molecule has 0 spiro atoms. The van der Waals surface area contributed by atoms with Gasteiger partial charge in [-0.2, -0.15) is 4.31 Å². The average molecular weight is 564 g/mol. The van der Waals surface area contributed by atoms with Gasteiger partial charge in [0.1, 0.15) is 17.6 Å². The van der Waals surface area contributed by atoms with Crippen molar-refractivity contribution in [3.8, 4) is 0 Å². The third kappa shape index (κ3) is 4.40. The minimum Gasteiger partial charge on any atom is -0.467 e. The van der Waals surface area contributed by atoms with Crippen LogP contribution in [0.25, 0.3) is 10.2 Å². The van der Waals surface area contributed by atoms with Crippen LogP contribution in [0.1, 0.15) is 18.6 Å². The Morgan fingerprint density at radius 2 is 2.03 bits per heavy atom. The topological polar surface area (TPSA) is 83.7 Å². The first-order valence-electron chi connectivity index (χ1n) is 10.5. The highest BCUT2D eigenvalue weighted by molar-refractivity contribution is 9.10. The van der Waals surface area contributed by atoms with Crippen LogP contribution < -0.4 is 4.90 Å². The Kier molecular flexibility index (Phi) is 6.28. The summed E-state index contributed by atoms with van der Waals surface area (Å²) in [6.45, 7) is 0.325. The molecule has 176 valence electrons. The lowest BCUT2D eigenvalue weighted by molar-refractivity contribution is -0.121. The lowest BCUT2D eigenvalue weighted by Crippen LogP contribution is -2.47. The maximum atomic E-state index is 13.8. The predicted molar refractivity (Wildman–Crippen MR) is 131 cm³/mol. The SMILES string of the molecule is O=C(C1CCCN1S(=O)(=O)c1ccc(F)cc1)N(Cc1ccco1)c1nc2ccc(Br)cc2s1. The van der Waals surface area contributed by atoms with Gasteiger partial charge in [-0.15, -0.1) is 0 Å². The van der Waals surface area contributed by atoms with Crippen molar-refractivity contribution in [3.63, 3.8) is 0 Å². The fourth-order valence-electron chi connectivity index (χ4n) is 4.00. The molecule has 34 heavy (non-hydrogen) atoms. The van der Waals surface area contributed by atoms with Gasteiger partial charge in [0.05, 0.1) is 27.9 Å². The molecule has 1 atom stereocenters. The minimum absolute atomic E-state index is 0.0454. The highest BCUT2D eigenvalue weighted by atomic mass is 79.9. The molecule has 1 aliphatic heterocycles. The van der Waals surface area contributed by atoms with E-state index in [2.05, 4.69) is 20.9 Å². The average Bonchev–Trinajstić information content (AvgIpc) is 3.57. The molecule has 3 heterocycles. The zero-order valence-electron chi connectivity index (χ0n) is 17.7. The van der Waals surface area contributed by atoms with Gasteiger partial charge in [-0.1, -0.05) is 27.3 Å². The monoisotopic (exact) mass is 563 g/mol. The maximum absolute atomic E-state index is 13.8. The molecule has 2 aromatic carbocycles. The molecule has 1 saturated heterocycles. The molecule has 7 nitrogen and oxygen atoms in total. The van der Waals surface area contributed by atoms with Crippen molar-refractivity contribution < 1.29 is 22.0 Å². The van der Waals surface area contributed by atoms with Crippen molar-refractivity contribution >= 4 is 58.5 Å². The minimum atomic E-state index is -3.99. The van der Waals surface area contributed by atoms with E-state index in [9.17, 15) is 17.6 Å². The van der Waals surface area contributed by atoms with Crippen LogP contribution in [-0.2, 0) is 21.4 Å². The zero-order chi connectivity index (χ0) is 23.9. The summed E-state index contributed by atoms with van der Waals surface area (Å²) in [5.41, 5.74) is 0.739. The number of aromatic nitrogens is 1. The summed E-state index contributed by atoms with van der Waals surface area (Å²) in [6, 6.07) is 12.9. The number of rotatable bonds is 6. The number of benzene rings is 2. The van der Waals surface area contributed by atoms with Crippen molar-refractivity contribution in [2.24, 2.45) is 0 Å². The second-order valence-electron chi connectivity index (χ2n) is 7.84. The van der Waals surface area contributed by atoms with Crippen molar-refractivity contribution in [1.82, 2.24) is 9.29 Å². The first kappa shape index (κ1) is 23.2. The van der Waals surface area contributed by atoms with E-state index in [1.54, 1.807) is 12.1 Å². The zero-order valence-corrected chi connectivity index (χ0v) is 20.9. The van der Waals surface area contributed by atoms with E-state index < -0.39 is 21.9 Å². The summed E-state index contributed by atoms with van der Waals surface area (Å²) >= 11 is 4.80. The van der Waals surface area contributed by atoms with Gasteiger partial charge in [0.2, 0.25) is 15.9 Å². The quantitative estimate of drug-likeness (QED) is 0.323. The summed E-state index contributed by atoms with van der Waals surface area (Å²) in [4.78, 5) is 19.9. The number of halogens is 2. The highest BCUT2D eigenvalue weighted by Gasteiger charge is 2.42. The van der Waals surface area contributed by atoms with Crippen LogP contribution in [0.15, 0.2) is 74.6 Å². The molecule has 0 bridgehead atoms. The second kappa shape index (κ2) is 9.21. The number of carbonyl (C=O) groups is 1. The summed E-state index contributed by atoms with van der Waals surface area (Å²) < 4.78 is 48.5. The third-order valence-corrected chi connectivity index (χ3v) is 9.10. The Bertz CT molecular complexity index is 1440. The molecule has 5 rings (SSSR count). The Labute approximate surface area is 208 Å². The number of sulfonamides is 1. The number of thiazole rings is 1. The number of fused-ring (bicyclic) bond motifs is 1. The van der Waals surface area contributed by atoms with Gasteiger partial charge in [0.25, 0.3) is 0 Å². The van der Waals surface area contributed by atoms with E-state index in [1.165, 1.54) is 38.9 Å². The van der Waals surface area contributed by atoms with Gasteiger partial charge in [-0.05, 0) is 67.4 Å². The third-order valence-electron chi connectivity index (χ3n) is 5.64. The first-order chi connectivity index (χ1) is 16.3. The number of hydrogen-bond acceptors (Lipinski definition) is 6. The molecule has 0 aliphatic carbocycles. The number of furan rings is 1. The van der Waals surface area contributed by atoms with Crippen LogP contribution >= 0.6 is 27.3 Å². The molecule has 0 radical (unpaired) electrons. The van der Waals surface area contributed by atoms with E-state index in [0.29, 0.717) is 23.7 Å². The number of anilines is 1. The molecule has 1 aliphatic rings. The van der Waals surface area contributed by atoms with Gasteiger partial charge in [0.15, 0.2) is 5.13 Å². The molecule has 0 N–H and O–H groups in total. The Hall–Kier alpha value is -2.60. The van der Waals surface area contributed by atoms with E-state index in [-0.39, 0.29) is 23.9 Å². The molecular weight excluding hydrogens is 545 g/mol.